The molecule has 4 rings (SSSR count). The molecule has 0 atom stereocenters. The van der Waals surface area contributed by atoms with Crippen molar-refractivity contribution in [1.29, 1.82) is 0 Å². The number of imidazole rings is 1. The summed E-state index contributed by atoms with van der Waals surface area (Å²) in [5, 5.41) is 12.4. The molecule has 0 aliphatic heterocycles. The van der Waals surface area contributed by atoms with Gasteiger partial charge in [0.15, 0.2) is 0 Å². The number of nitrogens with zero attached hydrogens (tertiary/aromatic N) is 7. The minimum absolute atomic E-state index is 0.669. The van der Waals surface area contributed by atoms with Crippen molar-refractivity contribution < 1.29 is 0 Å². The van der Waals surface area contributed by atoms with Gasteiger partial charge in [0.25, 0.3) is 0 Å². The predicted octanol–water partition coefficient (Wildman–Crippen LogP) is 1.84. The molecule has 4 aromatic rings. The molecule has 0 amide bonds. The Kier molecular flexibility index (Phi) is 3.09. The van der Waals surface area contributed by atoms with Crippen molar-refractivity contribution >= 4 is 11.5 Å². The molecule has 0 aromatic carbocycles. The van der Waals surface area contributed by atoms with Gasteiger partial charge in [-0.3, -0.25) is 9.97 Å². The number of nitrogens with one attached hydrogen (secondary N) is 1. The maximum atomic E-state index is 4.33. The molecule has 106 valence electrons. The Hall–Kier alpha value is -3.07. The number of hydrogen-bond acceptors (Lipinski definition) is 8. The van der Waals surface area contributed by atoms with Gasteiger partial charge in [0.2, 0.25) is 0 Å². The minimum atomic E-state index is 0.669. The second-order valence-corrected chi connectivity index (χ2v) is 5.05. The zero-order valence-electron chi connectivity index (χ0n) is 11.1. The first-order valence-corrected chi connectivity index (χ1v) is 7.10. The van der Waals surface area contributed by atoms with Crippen molar-refractivity contribution in [1.82, 2.24) is 39.7 Å². The lowest BCUT2D eigenvalue weighted by atomic mass is 10.1. The van der Waals surface area contributed by atoms with E-state index in [9.17, 15) is 0 Å². The Morgan fingerprint density at radius 1 is 0.955 bits per heavy atom. The summed E-state index contributed by atoms with van der Waals surface area (Å²) in [5.41, 5.74) is 3.68. The Morgan fingerprint density at radius 2 is 1.95 bits per heavy atom. The lowest BCUT2D eigenvalue weighted by molar-refractivity contribution is 1.04. The van der Waals surface area contributed by atoms with Crippen LogP contribution in [-0.4, -0.2) is 39.7 Å². The Balaban J connectivity index is 1.91. The fourth-order valence-corrected chi connectivity index (χ4v) is 2.73. The number of H-pyrrole nitrogens is 1. The minimum Gasteiger partial charge on any atom is -0.343 e. The molecule has 0 aliphatic carbocycles. The van der Waals surface area contributed by atoms with Crippen LogP contribution in [0.15, 0.2) is 43.4 Å². The topological polar surface area (TPSA) is 106 Å². The molecule has 4 heterocycles. The van der Waals surface area contributed by atoms with Gasteiger partial charge < -0.3 is 4.98 Å². The highest BCUT2D eigenvalue weighted by Crippen LogP contribution is 2.35. The number of aromatic amines is 1. The normalized spacial score (nSPS) is 10.7. The monoisotopic (exact) mass is 308 g/mol. The van der Waals surface area contributed by atoms with Gasteiger partial charge in [0.1, 0.15) is 16.3 Å². The van der Waals surface area contributed by atoms with Crippen LogP contribution in [0.4, 0.5) is 0 Å². The van der Waals surface area contributed by atoms with E-state index < -0.39 is 0 Å². The molecule has 8 nitrogen and oxygen atoms in total. The largest absolute Gasteiger partial charge is 0.343 e. The van der Waals surface area contributed by atoms with Crippen LogP contribution in [0, 0.1) is 0 Å². The van der Waals surface area contributed by atoms with Crippen LogP contribution in [0.2, 0.25) is 0 Å². The van der Waals surface area contributed by atoms with Gasteiger partial charge in [-0.2, -0.15) is 5.10 Å². The van der Waals surface area contributed by atoms with Gasteiger partial charge in [0, 0.05) is 18.0 Å². The van der Waals surface area contributed by atoms with E-state index in [2.05, 4.69) is 39.7 Å². The lowest BCUT2D eigenvalue weighted by Gasteiger charge is -2.05. The van der Waals surface area contributed by atoms with Crippen LogP contribution < -0.4 is 0 Å². The quantitative estimate of drug-likeness (QED) is 0.615. The van der Waals surface area contributed by atoms with Crippen molar-refractivity contribution in [3.05, 3.63) is 43.4 Å². The molecular formula is C13H8N8S. The molecular weight excluding hydrogens is 300 g/mol. The second-order valence-electron chi connectivity index (χ2n) is 4.30. The number of aromatic nitrogens is 8. The molecule has 0 saturated heterocycles. The van der Waals surface area contributed by atoms with Crippen LogP contribution in [0.1, 0.15) is 0 Å². The lowest BCUT2D eigenvalue weighted by Crippen LogP contribution is -1.94. The Bertz CT molecular complexity index is 887. The molecule has 0 radical (unpaired) electrons. The summed E-state index contributed by atoms with van der Waals surface area (Å²) in [5.74, 6) is 0. The van der Waals surface area contributed by atoms with Gasteiger partial charge in [0.05, 0.1) is 36.3 Å². The zero-order chi connectivity index (χ0) is 14.8. The van der Waals surface area contributed by atoms with Crippen LogP contribution in [0.5, 0.6) is 0 Å². The Morgan fingerprint density at radius 3 is 2.77 bits per heavy atom. The van der Waals surface area contributed by atoms with Crippen LogP contribution in [0.3, 0.4) is 0 Å². The summed E-state index contributed by atoms with van der Waals surface area (Å²) in [6.07, 6.45) is 9.86. The molecule has 4 aromatic heterocycles. The summed E-state index contributed by atoms with van der Waals surface area (Å²) in [6.45, 7) is 0. The average Bonchev–Trinajstić information content (AvgIpc) is 3.26. The Labute approximate surface area is 128 Å². The summed E-state index contributed by atoms with van der Waals surface area (Å²) < 4.78 is 4.03. The van der Waals surface area contributed by atoms with Gasteiger partial charge in [-0.25, -0.2) is 4.98 Å². The molecule has 22 heavy (non-hydrogen) atoms. The molecule has 0 bridgehead atoms. The predicted molar refractivity (Wildman–Crippen MR) is 79.5 cm³/mol. The van der Waals surface area contributed by atoms with Gasteiger partial charge in [-0.1, -0.05) is 4.49 Å². The first-order valence-electron chi connectivity index (χ1n) is 6.33. The maximum absolute atomic E-state index is 4.33. The van der Waals surface area contributed by atoms with E-state index in [0.717, 1.165) is 21.8 Å². The fourth-order valence-electron chi connectivity index (χ4n) is 2.05. The molecule has 9 heteroatoms. The van der Waals surface area contributed by atoms with E-state index in [1.165, 1.54) is 11.5 Å². The average molecular weight is 308 g/mol. The van der Waals surface area contributed by atoms with Crippen molar-refractivity contribution in [2.45, 2.75) is 0 Å². The molecule has 1 N–H and O–H groups in total. The standard InChI is InChI=1S/C13H8N8S/c1-2-18-19-11(8(1)9-5-14-3-4-16-9)13-12(20-21-22-13)10-6-15-7-17-10/h1-7H,(H,15,17). The molecule has 0 aliphatic rings. The van der Waals surface area contributed by atoms with E-state index in [4.69, 9.17) is 0 Å². The van der Waals surface area contributed by atoms with Crippen molar-refractivity contribution in [3.8, 4) is 33.2 Å². The first kappa shape index (κ1) is 12.7. The van der Waals surface area contributed by atoms with E-state index >= 15 is 0 Å². The number of rotatable bonds is 3. The molecule has 0 spiro atoms. The van der Waals surface area contributed by atoms with Crippen molar-refractivity contribution in [2.24, 2.45) is 0 Å². The summed E-state index contributed by atoms with van der Waals surface area (Å²) in [6, 6.07) is 1.85. The fraction of sp³-hybridized carbons (Fsp3) is 0. The molecule has 0 fully saturated rings. The van der Waals surface area contributed by atoms with Crippen LogP contribution >= 0.6 is 11.5 Å². The van der Waals surface area contributed by atoms with Crippen LogP contribution in [0.25, 0.3) is 33.2 Å². The first-order chi connectivity index (χ1) is 10.9. The number of hydrogen-bond donors (Lipinski definition) is 1. The van der Waals surface area contributed by atoms with Gasteiger partial charge >= 0.3 is 0 Å². The molecule has 0 saturated carbocycles. The second kappa shape index (κ2) is 5.37. The maximum Gasteiger partial charge on any atom is 0.133 e. The molecule has 0 unspecified atom stereocenters. The SMILES string of the molecule is c1cnc(-c2ccnnc2-c2snnc2-c2cnc[nH]2)cn1. The van der Waals surface area contributed by atoms with Crippen molar-refractivity contribution in [3.63, 3.8) is 0 Å². The summed E-state index contributed by atoms with van der Waals surface area (Å²) >= 11 is 1.25. The summed E-state index contributed by atoms with van der Waals surface area (Å²) in [7, 11) is 0. The van der Waals surface area contributed by atoms with Gasteiger partial charge in [-0.15, -0.1) is 10.2 Å². The third-order valence-corrected chi connectivity index (χ3v) is 3.75. The smallest absolute Gasteiger partial charge is 0.133 e. The summed E-state index contributed by atoms with van der Waals surface area (Å²) in [4.78, 5) is 16.3. The van der Waals surface area contributed by atoms with E-state index in [1.807, 2.05) is 6.07 Å². The zero-order valence-corrected chi connectivity index (χ0v) is 11.9. The van der Waals surface area contributed by atoms with E-state index in [0.29, 0.717) is 11.4 Å². The highest BCUT2D eigenvalue weighted by atomic mass is 32.1. The highest BCUT2D eigenvalue weighted by molar-refractivity contribution is 7.09. The van der Waals surface area contributed by atoms with E-state index in [1.54, 1.807) is 37.3 Å². The van der Waals surface area contributed by atoms with Crippen molar-refractivity contribution in [2.75, 3.05) is 0 Å². The third kappa shape index (κ3) is 2.13. The van der Waals surface area contributed by atoms with Gasteiger partial charge in [-0.05, 0) is 17.6 Å². The van der Waals surface area contributed by atoms with Crippen LogP contribution in [-0.2, 0) is 0 Å². The van der Waals surface area contributed by atoms with E-state index in [-0.39, 0.29) is 0 Å². The third-order valence-electron chi connectivity index (χ3n) is 3.02. The highest BCUT2D eigenvalue weighted by Gasteiger charge is 2.19.